The molecule has 2 aliphatic rings. The molecule has 3 amide bonds. The van der Waals surface area contributed by atoms with E-state index in [0.29, 0.717) is 29.6 Å². The molecule has 1 unspecified atom stereocenters. The predicted octanol–water partition coefficient (Wildman–Crippen LogP) is 1.37. The molecule has 0 saturated carbocycles. The van der Waals surface area contributed by atoms with Crippen molar-refractivity contribution in [2.24, 2.45) is 10.7 Å². The van der Waals surface area contributed by atoms with Crippen LogP contribution >= 0.6 is 0 Å². The second kappa shape index (κ2) is 10.2. The maximum Gasteiger partial charge on any atom is 0.284 e. The highest BCUT2D eigenvalue weighted by Crippen LogP contribution is 2.23. The van der Waals surface area contributed by atoms with Gasteiger partial charge in [0.25, 0.3) is 5.91 Å². The fourth-order valence-corrected chi connectivity index (χ4v) is 4.28. The van der Waals surface area contributed by atoms with Crippen LogP contribution in [-0.4, -0.2) is 65.7 Å². The Morgan fingerprint density at radius 3 is 2.68 bits per heavy atom. The zero-order chi connectivity index (χ0) is 24.1. The summed E-state index contributed by atoms with van der Waals surface area (Å²) in [7, 11) is 0. The Labute approximate surface area is 196 Å². The number of carbonyl (C=O) groups is 3. The number of hydrogen-bond acceptors (Lipinski definition) is 6. The number of rotatable bonds is 5. The number of nitrogens with two attached hydrogens (primary N) is 1. The van der Waals surface area contributed by atoms with Crippen molar-refractivity contribution in [2.75, 3.05) is 31.5 Å². The smallest absolute Gasteiger partial charge is 0.284 e. The van der Waals surface area contributed by atoms with Gasteiger partial charge in [-0.25, -0.2) is 4.99 Å². The number of nitriles is 1. The van der Waals surface area contributed by atoms with Gasteiger partial charge in [0.1, 0.15) is 11.6 Å². The van der Waals surface area contributed by atoms with E-state index in [1.165, 1.54) is 6.07 Å². The largest absolute Gasteiger partial charge is 0.451 e. The van der Waals surface area contributed by atoms with Crippen LogP contribution in [0.4, 0.5) is 5.69 Å². The Hall–Kier alpha value is -4.07. The van der Waals surface area contributed by atoms with Crippen LogP contribution in [0.5, 0.6) is 0 Å². The van der Waals surface area contributed by atoms with Gasteiger partial charge < -0.3 is 25.3 Å². The number of nitrogens with one attached hydrogen (secondary N) is 2. The highest BCUT2D eigenvalue weighted by molar-refractivity contribution is 6.00. The van der Waals surface area contributed by atoms with Gasteiger partial charge >= 0.3 is 0 Å². The second-order valence-electron chi connectivity index (χ2n) is 8.43. The summed E-state index contributed by atoms with van der Waals surface area (Å²) >= 11 is 0. The molecule has 0 aliphatic carbocycles. The average Bonchev–Trinajstić information content (AvgIpc) is 3.46. The molecule has 1 aromatic heterocycles. The van der Waals surface area contributed by atoms with Gasteiger partial charge in [0.15, 0.2) is 12.0 Å². The van der Waals surface area contributed by atoms with E-state index in [1.54, 1.807) is 28.0 Å². The van der Waals surface area contributed by atoms with Crippen LogP contribution in [0.15, 0.2) is 33.7 Å². The molecule has 178 valence electrons. The van der Waals surface area contributed by atoms with Crippen molar-refractivity contribution in [3.05, 3.63) is 30.0 Å². The molecule has 11 heteroatoms. The summed E-state index contributed by atoms with van der Waals surface area (Å²) in [6.45, 7) is 2.05. The number of guanidine groups is 1. The topological polar surface area (TPSA) is 157 Å². The van der Waals surface area contributed by atoms with Crippen molar-refractivity contribution in [3.8, 4) is 6.19 Å². The van der Waals surface area contributed by atoms with Crippen LogP contribution in [0.1, 0.15) is 42.7 Å². The van der Waals surface area contributed by atoms with Gasteiger partial charge in [0.2, 0.25) is 17.8 Å². The van der Waals surface area contributed by atoms with E-state index in [0.717, 1.165) is 38.8 Å². The lowest BCUT2D eigenvalue weighted by Gasteiger charge is -2.25. The Bertz CT molecular complexity index is 1160. The third kappa shape index (κ3) is 5.28. The fourth-order valence-electron chi connectivity index (χ4n) is 4.28. The standard InChI is InChI=1S/C23H27N7O4/c24-14-26-23(27-16-6-7-18-15(11-16)12-19(34-18)21(25)32)28-17-5-1-2-10-30(22(17)33)13-20(31)29-8-3-4-9-29/h6-7,11-12,17H,1-5,8-10,13H2,(H2,25,32)(H2,26,27,28). The van der Waals surface area contributed by atoms with Crippen LogP contribution < -0.4 is 16.4 Å². The minimum atomic E-state index is -0.712. The van der Waals surface area contributed by atoms with Crippen molar-refractivity contribution >= 4 is 40.3 Å². The van der Waals surface area contributed by atoms with E-state index in [2.05, 4.69) is 15.6 Å². The predicted molar refractivity (Wildman–Crippen MR) is 125 cm³/mol. The van der Waals surface area contributed by atoms with Gasteiger partial charge in [-0.15, -0.1) is 0 Å². The van der Waals surface area contributed by atoms with Crippen molar-refractivity contribution in [2.45, 2.75) is 38.1 Å². The zero-order valence-electron chi connectivity index (χ0n) is 18.7. The number of hydrogen-bond donors (Lipinski definition) is 3. The molecule has 3 heterocycles. The van der Waals surface area contributed by atoms with Crippen molar-refractivity contribution in [1.82, 2.24) is 15.1 Å². The molecular weight excluding hydrogens is 438 g/mol. The lowest BCUT2D eigenvalue weighted by molar-refractivity contribution is -0.140. The van der Waals surface area contributed by atoms with Crippen LogP contribution in [0.2, 0.25) is 0 Å². The summed E-state index contributed by atoms with van der Waals surface area (Å²) in [6, 6.07) is 5.89. The molecule has 0 bridgehead atoms. The van der Waals surface area contributed by atoms with E-state index in [9.17, 15) is 19.6 Å². The first-order chi connectivity index (χ1) is 16.4. The molecule has 2 aromatic rings. The van der Waals surface area contributed by atoms with Crippen molar-refractivity contribution < 1.29 is 18.8 Å². The van der Waals surface area contributed by atoms with Gasteiger partial charge in [-0.2, -0.15) is 5.26 Å². The third-order valence-electron chi connectivity index (χ3n) is 6.02. The van der Waals surface area contributed by atoms with E-state index in [-0.39, 0.29) is 30.1 Å². The second-order valence-corrected chi connectivity index (χ2v) is 8.43. The molecule has 0 spiro atoms. The molecule has 4 N–H and O–H groups in total. The van der Waals surface area contributed by atoms with Gasteiger partial charge in [0.05, 0.1) is 6.54 Å². The quantitative estimate of drug-likeness (QED) is 0.260. The zero-order valence-corrected chi connectivity index (χ0v) is 18.7. The Morgan fingerprint density at radius 2 is 1.94 bits per heavy atom. The first kappa shape index (κ1) is 23.1. The summed E-state index contributed by atoms with van der Waals surface area (Å²) in [5.41, 5.74) is 6.34. The maximum absolute atomic E-state index is 13.2. The molecule has 0 radical (unpaired) electrons. The Balaban J connectivity index is 1.50. The summed E-state index contributed by atoms with van der Waals surface area (Å²) in [4.78, 5) is 45.0. The van der Waals surface area contributed by atoms with E-state index >= 15 is 0 Å². The molecule has 34 heavy (non-hydrogen) atoms. The van der Waals surface area contributed by atoms with Crippen LogP contribution in [0.3, 0.4) is 0 Å². The monoisotopic (exact) mass is 465 g/mol. The van der Waals surface area contributed by atoms with E-state index < -0.39 is 11.9 Å². The molecule has 11 nitrogen and oxygen atoms in total. The lowest BCUT2D eigenvalue weighted by Crippen LogP contribution is -2.45. The number of carbonyl (C=O) groups excluding carboxylic acids is 3. The van der Waals surface area contributed by atoms with Gasteiger partial charge in [-0.05, 0) is 56.4 Å². The number of amides is 3. The normalized spacial score (nSPS) is 19.1. The number of primary amides is 1. The van der Waals surface area contributed by atoms with Gasteiger partial charge in [-0.1, -0.05) is 0 Å². The minimum Gasteiger partial charge on any atom is -0.451 e. The molecule has 1 aromatic carbocycles. The molecule has 1 atom stereocenters. The molecule has 2 aliphatic heterocycles. The third-order valence-corrected chi connectivity index (χ3v) is 6.02. The summed E-state index contributed by atoms with van der Waals surface area (Å²) in [6.07, 6.45) is 5.92. The number of nitrogens with zero attached hydrogens (tertiary/aromatic N) is 4. The summed E-state index contributed by atoms with van der Waals surface area (Å²) < 4.78 is 5.39. The minimum absolute atomic E-state index is 0.0345. The van der Waals surface area contributed by atoms with Gasteiger partial charge in [-0.3, -0.25) is 19.7 Å². The lowest BCUT2D eigenvalue weighted by atomic mass is 10.1. The van der Waals surface area contributed by atoms with Crippen molar-refractivity contribution in [3.63, 3.8) is 0 Å². The molecule has 2 saturated heterocycles. The molecule has 4 rings (SSSR count). The van der Waals surface area contributed by atoms with Crippen LogP contribution in [-0.2, 0) is 9.59 Å². The highest BCUT2D eigenvalue weighted by Gasteiger charge is 2.30. The Kier molecular flexibility index (Phi) is 6.96. The number of benzene rings is 1. The highest BCUT2D eigenvalue weighted by atomic mass is 16.3. The SMILES string of the molecule is N#CNC(=NC1CCCCN(CC(=O)N2CCCC2)C1=O)Nc1ccc2oc(C(N)=O)cc2c1. The number of anilines is 1. The van der Waals surface area contributed by atoms with Crippen molar-refractivity contribution in [1.29, 1.82) is 5.26 Å². The molecule has 2 fully saturated rings. The van der Waals surface area contributed by atoms with Gasteiger partial charge in [0, 0.05) is 30.7 Å². The number of furan rings is 1. The average molecular weight is 466 g/mol. The Morgan fingerprint density at radius 1 is 1.18 bits per heavy atom. The maximum atomic E-state index is 13.2. The number of likely N-dealkylation sites (tertiary alicyclic amines) is 2. The molecular formula is C23H27N7O4. The summed E-state index contributed by atoms with van der Waals surface area (Å²) in [5, 5.41) is 15.3. The van der Waals surface area contributed by atoms with Crippen LogP contribution in [0, 0.1) is 11.5 Å². The number of aliphatic imine (C=N–C) groups is 1. The number of fused-ring (bicyclic) bond motifs is 1. The summed E-state index contributed by atoms with van der Waals surface area (Å²) in [5.74, 6) is -0.762. The van der Waals surface area contributed by atoms with E-state index in [4.69, 9.17) is 10.2 Å². The fraction of sp³-hybridized carbons (Fsp3) is 0.435. The van der Waals surface area contributed by atoms with Crippen LogP contribution in [0.25, 0.3) is 11.0 Å². The van der Waals surface area contributed by atoms with E-state index in [1.807, 2.05) is 6.19 Å². The first-order valence-corrected chi connectivity index (χ1v) is 11.3. The first-order valence-electron chi connectivity index (χ1n) is 11.3.